The molecule has 2 N–H and O–H groups in total. The van der Waals surface area contributed by atoms with Crippen molar-refractivity contribution in [1.29, 1.82) is 0 Å². The van der Waals surface area contributed by atoms with Crippen LogP contribution < -0.4 is 10.6 Å². The number of hydrogen-bond acceptors (Lipinski definition) is 4. The van der Waals surface area contributed by atoms with E-state index in [9.17, 15) is 4.79 Å². The van der Waals surface area contributed by atoms with Gasteiger partial charge in [-0.3, -0.25) is 9.48 Å². The van der Waals surface area contributed by atoms with E-state index >= 15 is 0 Å². The number of benzene rings is 1. The zero-order valence-electron chi connectivity index (χ0n) is 15.5. The summed E-state index contributed by atoms with van der Waals surface area (Å²) in [6.07, 6.45) is 3.54. The minimum absolute atomic E-state index is 0.0938. The molecule has 3 rings (SSSR count). The number of amides is 1. The van der Waals surface area contributed by atoms with E-state index in [0.717, 1.165) is 28.2 Å². The molecule has 0 fully saturated rings. The number of nitrogens with one attached hydrogen (secondary N) is 2. The Balaban J connectivity index is 1.77. The lowest BCUT2D eigenvalue weighted by atomic mass is 10.1. The van der Waals surface area contributed by atoms with Crippen molar-refractivity contribution in [2.45, 2.75) is 26.4 Å². The quantitative estimate of drug-likeness (QED) is 0.709. The van der Waals surface area contributed by atoms with Crippen molar-refractivity contribution in [3.63, 3.8) is 0 Å². The van der Waals surface area contributed by atoms with Crippen LogP contribution in [0.4, 0.5) is 0 Å². The van der Waals surface area contributed by atoms with E-state index in [2.05, 4.69) is 20.8 Å². The van der Waals surface area contributed by atoms with Gasteiger partial charge in [0.15, 0.2) is 0 Å². The van der Waals surface area contributed by atoms with E-state index in [-0.39, 0.29) is 5.91 Å². The Morgan fingerprint density at radius 1 is 1.27 bits per heavy atom. The molecule has 1 atom stereocenters. The molecule has 1 amide bonds. The first-order valence-electron chi connectivity index (χ1n) is 8.54. The van der Waals surface area contributed by atoms with Crippen molar-refractivity contribution in [2.75, 3.05) is 7.05 Å². The summed E-state index contributed by atoms with van der Waals surface area (Å²) < 4.78 is 3.60. The summed E-state index contributed by atoms with van der Waals surface area (Å²) in [7, 11) is 3.60. The Hall–Kier alpha value is -2.93. The average molecular weight is 352 g/mol. The molecule has 2 aromatic heterocycles. The zero-order chi connectivity index (χ0) is 18.7. The fourth-order valence-corrected chi connectivity index (χ4v) is 3.06. The van der Waals surface area contributed by atoms with Gasteiger partial charge in [-0.1, -0.05) is 18.2 Å². The molecule has 1 aromatic carbocycles. The molecule has 136 valence electrons. The number of carbonyl (C=O) groups excluding carboxylic acids is 1. The molecule has 0 aliphatic carbocycles. The second kappa shape index (κ2) is 7.53. The Kier molecular flexibility index (Phi) is 5.18. The van der Waals surface area contributed by atoms with Gasteiger partial charge in [-0.2, -0.15) is 10.2 Å². The summed E-state index contributed by atoms with van der Waals surface area (Å²) in [4.78, 5) is 12.6. The van der Waals surface area contributed by atoms with Crippen LogP contribution in [0.3, 0.4) is 0 Å². The van der Waals surface area contributed by atoms with E-state index in [1.807, 2.05) is 62.1 Å². The number of nitrogens with zero attached hydrogens (tertiary/aromatic N) is 4. The van der Waals surface area contributed by atoms with E-state index < -0.39 is 6.04 Å². The van der Waals surface area contributed by atoms with E-state index in [0.29, 0.717) is 6.54 Å². The lowest BCUT2D eigenvalue weighted by Gasteiger charge is -2.16. The summed E-state index contributed by atoms with van der Waals surface area (Å²) in [5.74, 6) is -0.0938. The second-order valence-electron chi connectivity index (χ2n) is 6.35. The van der Waals surface area contributed by atoms with Crippen molar-refractivity contribution in [3.05, 3.63) is 65.2 Å². The van der Waals surface area contributed by atoms with Crippen LogP contribution in [0.15, 0.2) is 42.7 Å². The van der Waals surface area contributed by atoms with Crippen molar-refractivity contribution >= 4 is 5.91 Å². The molecule has 3 aromatic rings. The van der Waals surface area contributed by atoms with E-state index in [1.54, 1.807) is 17.9 Å². The number of aryl methyl sites for hydroxylation is 3. The summed E-state index contributed by atoms with van der Waals surface area (Å²) in [5.41, 5.74) is 4.84. The number of carbonyl (C=O) groups is 1. The molecule has 0 aliphatic heterocycles. The molecule has 7 heteroatoms. The largest absolute Gasteiger partial charge is 0.350 e. The highest BCUT2D eigenvalue weighted by Crippen LogP contribution is 2.18. The lowest BCUT2D eigenvalue weighted by Crippen LogP contribution is -2.35. The first kappa shape index (κ1) is 17.9. The fourth-order valence-electron chi connectivity index (χ4n) is 3.06. The van der Waals surface area contributed by atoms with Crippen LogP contribution in [0, 0.1) is 13.8 Å². The topological polar surface area (TPSA) is 76.8 Å². The van der Waals surface area contributed by atoms with Crippen molar-refractivity contribution in [2.24, 2.45) is 7.05 Å². The third-order valence-electron chi connectivity index (χ3n) is 4.29. The smallest absolute Gasteiger partial charge is 0.242 e. The van der Waals surface area contributed by atoms with Crippen LogP contribution >= 0.6 is 0 Å². The van der Waals surface area contributed by atoms with Gasteiger partial charge in [-0.25, -0.2) is 4.68 Å². The third kappa shape index (κ3) is 3.67. The molecular formula is C19H24N6O. The summed E-state index contributed by atoms with van der Waals surface area (Å²) in [6, 6.07) is 9.55. The minimum Gasteiger partial charge on any atom is -0.350 e. The highest BCUT2D eigenvalue weighted by molar-refractivity contribution is 5.83. The molecule has 7 nitrogen and oxygen atoms in total. The highest BCUT2D eigenvalue weighted by atomic mass is 16.2. The molecule has 26 heavy (non-hydrogen) atoms. The van der Waals surface area contributed by atoms with Crippen molar-refractivity contribution in [1.82, 2.24) is 30.2 Å². The summed E-state index contributed by atoms with van der Waals surface area (Å²) in [5, 5.41) is 14.7. The second-order valence-corrected chi connectivity index (χ2v) is 6.35. The predicted molar refractivity (Wildman–Crippen MR) is 99.9 cm³/mol. The van der Waals surface area contributed by atoms with Crippen LogP contribution in [0.2, 0.25) is 0 Å². The van der Waals surface area contributed by atoms with E-state index in [4.69, 9.17) is 0 Å². The maximum absolute atomic E-state index is 12.6. The maximum Gasteiger partial charge on any atom is 0.242 e. The molecule has 0 saturated carbocycles. The molecule has 0 radical (unpaired) electrons. The molecule has 1 unspecified atom stereocenters. The molecular weight excluding hydrogens is 328 g/mol. The number of hydrogen-bond donors (Lipinski definition) is 2. The Morgan fingerprint density at radius 3 is 2.65 bits per heavy atom. The highest BCUT2D eigenvalue weighted by Gasteiger charge is 2.20. The van der Waals surface area contributed by atoms with Crippen molar-refractivity contribution in [3.8, 4) is 5.69 Å². The van der Waals surface area contributed by atoms with Crippen LogP contribution in [-0.4, -0.2) is 32.5 Å². The summed E-state index contributed by atoms with van der Waals surface area (Å²) in [6.45, 7) is 4.42. The normalized spacial score (nSPS) is 12.2. The van der Waals surface area contributed by atoms with Crippen LogP contribution in [0.25, 0.3) is 5.69 Å². The fraction of sp³-hybridized carbons (Fsp3) is 0.316. The Bertz CT molecular complexity index is 910. The number of para-hydroxylation sites is 1. The summed E-state index contributed by atoms with van der Waals surface area (Å²) >= 11 is 0. The lowest BCUT2D eigenvalue weighted by molar-refractivity contribution is -0.123. The first-order valence-corrected chi connectivity index (χ1v) is 8.54. The predicted octanol–water partition coefficient (Wildman–Crippen LogP) is 1.80. The number of rotatable bonds is 6. The van der Waals surface area contributed by atoms with Gasteiger partial charge in [0, 0.05) is 31.0 Å². The van der Waals surface area contributed by atoms with Crippen LogP contribution in [0.5, 0.6) is 0 Å². The third-order valence-corrected chi connectivity index (χ3v) is 4.29. The van der Waals surface area contributed by atoms with Crippen molar-refractivity contribution < 1.29 is 4.79 Å². The SMILES string of the molecule is CNC(C(=O)NCc1ccccc1-n1nc(C)cc1C)c1cnn(C)c1. The average Bonchev–Trinajstić information content (AvgIpc) is 3.19. The van der Waals surface area contributed by atoms with Gasteiger partial charge in [0.1, 0.15) is 6.04 Å². The monoisotopic (exact) mass is 352 g/mol. The number of aromatic nitrogens is 4. The molecule has 2 heterocycles. The molecule has 0 spiro atoms. The van der Waals surface area contributed by atoms with Crippen LogP contribution in [0.1, 0.15) is 28.6 Å². The van der Waals surface area contributed by atoms with Gasteiger partial charge in [0.2, 0.25) is 5.91 Å². The minimum atomic E-state index is -0.440. The molecule has 0 bridgehead atoms. The van der Waals surface area contributed by atoms with Gasteiger partial charge in [0.25, 0.3) is 0 Å². The van der Waals surface area contributed by atoms with Gasteiger partial charge < -0.3 is 10.6 Å². The maximum atomic E-state index is 12.6. The molecule has 0 aliphatic rings. The standard InChI is InChI=1S/C19H24N6O/c1-13-9-14(2)25(23-13)17-8-6-5-7-15(17)10-21-19(26)18(20-3)16-11-22-24(4)12-16/h5-9,11-12,18,20H,10H2,1-4H3,(H,21,26). The Morgan fingerprint density at radius 2 is 2.04 bits per heavy atom. The molecule has 0 saturated heterocycles. The van der Waals surface area contributed by atoms with Gasteiger partial charge >= 0.3 is 0 Å². The number of likely N-dealkylation sites (N-methyl/N-ethyl adjacent to an activating group) is 1. The first-order chi connectivity index (χ1) is 12.5. The van der Waals surface area contributed by atoms with Gasteiger partial charge in [0.05, 0.1) is 17.6 Å². The van der Waals surface area contributed by atoms with Gasteiger partial charge in [-0.05, 0) is 38.6 Å². The van der Waals surface area contributed by atoms with Gasteiger partial charge in [-0.15, -0.1) is 0 Å². The Labute approximate surface area is 153 Å². The zero-order valence-corrected chi connectivity index (χ0v) is 15.5. The van der Waals surface area contributed by atoms with Crippen LogP contribution in [-0.2, 0) is 18.4 Å². The van der Waals surface area contributed by atoms with E-state index in [1.165, 1.54) is 0 Å².